The Morgan fingerprint density at radius 2 is 2.00 bits per heavy atom. The number of allylic oxidation sites excluding steroid dienone is 4. The summed E-state index contributed by atoms with van der Waals surface area (Å²) in [6.07, 6.45) is 5.60. The molecule has 1 aliphatic heterocycles. The van der Waals surface area contributed by atoms with Crippen molar-refractivity contribution < 1.29 is 9.66 Å². The van der Waals surface area contributed by atoms with E-state index in [0.29, 0.717) is 23.8 Å². The first-order valence-electron chi connectivity index (χ1n) is 11.1. The van der Waals surface area contributed by atoms with Crippen LogP contribution in [0.5, 0.6) is 0 Å². The van der Waals surface area contributed by atoms with Crippen LogP contribution in [0.25, 0.3) is 21.9 Å². The maximum Gasteiger partial charge on any atom is 0.270 e. The zero-order valence-corrected chi connectivity index (χ0v) is 19.3. The highest BCUT2D eigenvalue weighted by atomic mass is 32.1. The maximum atomic E-state index is 11.2. The fourth-order valence-electron chi connectivity index (χ4n) is 4.42. The van der Waals surface area contributed by atoms with Crippen LogP contribution < -0.4 is 0 Å². The molecule has 0 radical (unpaired) electrons. The van der Waals surface area contributed by atoms with E-state index in [-0.39, 0.29) is 10.6 Å². The van der Waals surface area contributed by atoms with Gasteiger partial charge in [0.2, 0.25) is 0 Å². The fourth-order valence-corrected chi connectivity index (χ4v) is 5.35. The minimum atomic E-state index is -0.374. The molecule has 0 N–H and O–H groups in total. The lowest BCUT2D eigenvalue weighted by atomic mass is 10.1. The molecule has 5 rings (SSSR count). The Balaban J connectivity index is 1.58. The monoisotopic (exact) mass is 470 g/mol. The van der Waals surface area contributed by atoms with E-state index in [1.807, 2.05) is 42.5 Å². The third-order valence-corrected chi connectivity index (χ3v) is 7.05. The number of non-ortho nitro benzene ring substituents is 1. The third-order valence-electron chi connectivity index (χ3n) is 5.98. The van der Waals surface area contributed by atoms with Crippen molar-refractivity contribution in [1.29, 1.82) is 5.26 Å². The van der Waals surface area contributed by atoms with Gasteiger partial charge in [0, 0.05) is 30.9 Å². The van der Waals surface area contributed by atoms with Crippen molar-refractivity contribution in [3.8, 4) is 6.07 Å². The van der Waals surface area contributed by atoms with E-state index in [1.165, 1.54) is 17.4 Å². The minimum Gasteiger partial charge on any atom is -0.378 e. The average Bonchev–Trinajstić information content (AvgIpc) is 3.47. The first-order chi connectivity index (χ1) is 16.6. The molecule has 1 saturated heterocycles. The van der Waals surface area contributed by atoms with Crippen molar-refractivity contribution >= 4 is 38.9 Å². The summed E-state index contributed by atoms with van der Waals surface area (Å²) in [6, 6.07) is 16.9. The van der Waals surface area contributed by atoms with Crippen LogP contribution in [-0.2, 0) is 4.74 Å². The topological polar surface area (TPSA) is 92.3 Å². The van der Waals surface area contributed by atoms with E-state index < -0.39 is 0 Å². The lowest BCUT2D eigenvalue weighted by molar-refractivity contribution is -0.384. The number of hydrogen-bond donors (Lipinski definition) is 0. The molecular weight excluding hydrogens is 448 g/mol. The lowest BCUT2D eigenvalue weighted by Crippen LogP contribution is -2.36. The second-order valence-electron chi connectivity index (χ2n) is 8.15. The Labute approximate surface area is 201 Å². The molecule has 34 heavy (non-hydrogen) atoms. The van der Waals surface area contributed by atoms with Gasteiger partial charge in [0.1, 0.15) is 11.1 Å². The number of benzene rings is 2. The Kier molecular flexibility index (Phi) is 6.21. The van der Waals surface area contributed by atoms with Gasteiger partial charge in [0.25, 0.3) is 5.69 Å². The summed E-state index contributed by atoms with van der Waals surface area (Å²) in [5, 5.41) is 21.9. The van der Waals surface area contributed by atoms with Crippen LogP contribution in [0.3, 0.4) is 0 Å². The summed E-state index contributed by atoms with van der Waals surface area (Å²) in [5.74, 6) is 0. The number of nitro groups is 1. The predicted molar refractivity (Wildman–Crippen MR) is 133 cm³/mol. The molecule has 0 atom stereocenters. The predicted octanol–water partition coefficient (Wildman–Crippen LogP) is 5.58. The molecule has 1 aromatic heterocycles. The Morgan fingerprint density at radius 3 is 2.76 bits per heavy atom. The number of aromatic nitrogens is 1. The normalized spacial score (nSPS) is 18.0. The van der Waals surface area contributed by atoms with E-state index in [1.54, 1.807) is 12.1 Å². The van der Waals surface area contributed by atoms with E-state index in [0.717, 1.165) is 58.6 Å². The molecule has 2 heterocycles. The van der Waals surface area contributed by atoms with Gasteiger partial charge in [0.05, 0.1) is 33.9 Å². The number of ether oxygens (including phenoxy) is 1. The molecule has 1 aliphatic carbocycles. The van der Waals surface area contributed by atoms with Crippen LogP contribution in [0.1, 0.15) is 23.4 Å². The molecule has 2 aromatic carbocycles. The zero-order chi connectivity index (χ0) is 23.5. The van der Waals surface area contributed by atoms with Gasteiger partial charge in [-0.25, -0.2) is 4.98 Å². The molecule has 2 aliphatic rings. The second kappa shape index (κ2) is 9.59. The number of hydrogen-bond acceptors (Lipinski definition) is 7. The van der Waals surface area contributed by atoms with Gasteiger partial charge in [-0.05, 0) is 53.8 Å². The Morgan fingerprint density at radius 1 is 1.18 bits per heavy atom. The number of rotatable bonds is 5. The van der Waals surface area contributed by atoms with Crippen molar-refractivity contribution in [3.63, 3.8) is 0 Å². The first-order valence-corrected chi connectivity index (χ1v) is 11.9. The van der Waals surface area contributed by atoms with E-state index >= 15 is 0 Å². The molecule has 0 unspecified atom stereocenters. The van der Waals surface area contributed by atoms with Crippen LogP contribution in [0.2, 0.25) is 0 Å². The summed E-state index contributed by atoms with van der Waals surface area (Å²) in [6.45, 7) is 2.82. The van der Waals surface area contributed by atoms with E-state index in [4.69, 9.17) is 4.74 Å². The van der Waals surface area contributed by atoms with Gasteiger partial charge in [-0.3, -0.25) is 10.1 Å². The smallest absolute Gasteiger partial charge is 0.270 e. The highest BCUT2D eigenvalue weighted by Gasteiger charge is 2.26. The molecule has 0 bridgehead atoms. The van der Waals surface area contributed by atoms with Crippen LogP contribution in [0.4, 0.5) is 5.69 Å². The Bertz CT molecular complexity index is 1360. The molecule has 0 spiro atoms. The number of para-hydroxylation sites is 1. The number of nitro benzene ring substituents is 1. The molecule has 0 amide bonds. The van der Waals surface area contributed by atoms with Crippen molar-refractivity contribution in [1.82, 2.24) is 9.88 Å². The van der Waals surface area contributed by atoms with Gasteiger partial charge in [0.15, 0.2) is 0 Å². The molecule has 0 saturated carbocycles. The highest BCUT2D eigenvalue weighted by molar-refractivity contribution is 7.19. The van der Waals surface area contributed by atoms with Crippen LogP contribution in [0.15, 0.2) is 71.5 Å². The summed E-state index contributed by atoms with van der Waals surface area (Å²) in [5.41, 5.74) is 5.63. The van der Waals surface area contributed by atoms with E-state index in [2.05, 4.69) is 16.0 Å². The summed E-state index contributed by atoms with van der Waals surface area (Å²) in [4.78, 5) is 17.8. The zero-order valence-electron chi connectivity index (χ0n) is 18.4. The van der Waals surface area contributed by atoms with Crippen molar-refractivity contribution in [2.75, 3.05) is 26.3 Å². The molecule has 7 nitrogen and oxygen atoms in total. The van der Waals surface area contributed by atoms with Gasteiger partial charge in [-0.1, -0.05) is 24.3 Å². The van der Waals surface area contributed by atoms with E-state index in [9.17, 15) is 15.4 Å². The quantitative estimate of drug-likeness (QED) is 0.275. The van der Waals surface area contributed by atoms with Gasteiger partial charge in [-0.2, -0.15) is 5.26 Å². The number of nitriles is 1. The molecule has 3 aromatic rings. The molecule has 170 valence electrons. The first kappa shape index (κ1) is 22.0. The maximum absolute atomic E-state index is 11.2. The number of fused-ring (bicyclic) bond motifs is 1. The second-order valence-corrected chi connectivity index (χ2v) is 9.18. The number of nitrogens with zero attached hydrogens (tertiary/aromatic N) is 4. The largest absolute Gasteiger partial charge is 0.378 e. The number of thiazole rings is 1. The standard InChI is InChI=1S/C26H22N4O3S/c27-17-21(26-28-23-6-1-2-7-24(23)34-26)16-20-9-8-19(25(20)29-10-12-33-13-11-29)14-18-4-3-5-22(15-18)30(31)32/h1-7,14-16H,8-13H2/b19-14-,21-16+. The van der Waals surface area contributed by atoms with Crippen LogP contribution in [0, 0.1) is 21.4 Å². The van der Waals surface area contributed by atoms with Crippen molar-refractivity contribution in [2.24, 2.45) is 0 Å². The van der Waals surface area contributed by atoms with Gasteiger partial charge < -0.3 is 9.64 Å². The van der Waals surface area contributed by atoms with Gasteiger partial charge in [-0.15, -0.1) is 11.3 Å². The van der Waals surface area contributed by atoms with Gasteiger partial charge >= 0.3 is 0 Å². The SMILES string of the molecule is N#C/C(=C\C1=C(N2CCOCC2)C(=C\c2cccc([N+](=O)[O-])c2)/CC1)c1nc2ccccc2s1. The Hall–Kier alpha value is -3.80. The van der Waals surface area contributed by atoms with Crippen LogP contribution >= 0.6 is 11.3 Å². The highest BCUT2D eigenvalue weighted by Crippen LogP contribution is 2.38. The van der Waals surface area contributed by atoms with Crippen molar-refractivity contribution in [2.45, 2.75) is 12.8 Å². The fraction of sp³-hybridized carbons (Fsp3) is 0.231. The summed E-state index contributed by atoms with van der Waals surface area (Å²) < 4.78 is 6.61. The van der Waals surface area contributed by atoms with Crippen LogP contribution in [-0.4, -0.2) is 41.1 Å². The minimum absolute atomic E-state index is 0.0759. The third kappa shape index (κ3) is 4.49. The average molecular weight is 471 g/mol. The van der Waals surface area contributed by atoms with Crippen molar-refractivity contribution in [3.05, 3.63) is 92.1 Å². The molecule has 1 fully saturated rings. The summed E-state index contributed by atoms with van der Waals surface area (Å²) in [7, 11) is 0. The number of morpholine rings is 1. The molecular formula is C26H22N4O3S. The molecule has 8 heteroatoms. The lowest BCUT2D eigenvalue weighted by Gasteiger charge is -2.31. The summed E-state index contributed by atoms with van der Waals surface area (Å²) >= 11 is 1.52.